The largest absolute Gasteiger partial charge is 0.300 e. The lowest BCUT2D eigenvalue weighted by Crippen LogP contribution is -2.32. The number of carbonyl (C=O) groups excluding carboxylic acids is 1. The highest BCUT2D eigenvalue weighted by atomic mass is 16.1. The van der Waals surface area contributed by atoms with E-state index in [9.17, 15) is 4.79 Å². The van der Waals surface area contributed by atoms with Crippen LogP contribution in [-0.4, -0.2) is 5.78 Å². The van der Waals surface area contributed by atoms with Crippen LogP contribution in [0.25, 0.3) is 5.57 Å². The number of aryl methyl sites for hydroxylation is 1. The third-order valence-electron chi connectivity index (χ3n) is 4.62. The van der Waals surface area contributed by atoms with Crippen LogP contribution in [0, 0.1) is 5.41 Å². The first kappa shape index (κ1) is 10.8. The smallest absolute Gasteiger partial charge is 0.132 e. The van der Waals surface area contributed by atoms with Crippen molar-refractivity contribution >= 4 is 11.4 Å². The predicted octanol–water partition coefficient (Wildman–Crippen LogP) is 3.78. The van der Waals surface area contributed by atoms with Crippen molar-refractivity contribution in [3.05, 3.63) is 42.0 Å². The summed E-state index contributed by atoms with van der Waals surface area (Å²) in [7, 11) is 0. The van der Waals surface area contributed by atoms with E-state index in [0.29, 0.717) is 5.78 Å². The van der Waals surface area contributed by atoms with Gasteiger partial charge in [0, 0.05) is 12.8 Å². The summed E-state index contributed by atoms with van der Waals surface area (Å²) in [6.45, 7) is 4.35. The van der Waals surface area contributed by atoms with E-state index < -0.39 is 0 Å². The minimum atomic E-state index is 0.224. The Balaban J connectivity index is 1.96. The number of Topliss-reactive ketones (excluding diaryl/α,β-unsaturated/α-hetero) is 1. The molecule has 0 amide bonds. The molecule has 0 N–H and O–H groups in total. The Kier molecular flexibility index (Phi) is 2.43. The van der Waals surface area contributed by atoms with Gasteiger partial charge in [-0.3, -0.25) is 4.79 Å². The topological polar surface area (TPSA) is 17.1 Å². The van der Waals surface area contributed by atoms with Crippen molar-refractivity contribution in [1.82, 2.24) is 0 Å². The van der Waals surface area contributed by atoms with Crippen molar-refractivity contribution in [3.63, 3.8) is 0 Å². The lowest BCUT2D eigenvalue weighted by Gasteiger charge is -2.42. The monoisotopic (exact) mass is 226 g/mol. The second kappa shape index (κ2) is 3.83. The Morgan fingerprint density at radius 2 is 1.65 bits per heavy atom. The van der Waals surface area contributed by atoms with Crippen LogP contribution < -0.4 is 0 Å². The maximum absolute atomic E-state index is 11.4. The fourth-order valence-corrected chi connectivity index (χ4v) is 3.40. The molecule has 0 bridgehead atoms. The van der Waals surface area contributed by atoms with Crippen LogP contribution in [0.3, 0.4) is 0 Å². The van der Waals surface area contributed by atoms with Gasteiger partial charge in [0.25, 0.3) is 0 Å². The van der Waals surface area contributed by atoms with Crippen LogP contribution in [0.4, 0.5) is 0 Å². The molecule has 3 rings (SSSR count). The first-order valence-electron chi connectivity index (χ1n) is 6.51. The Labute approximate surface area is 103 Å². The summed E-state index contributed by atoms with van der Waals surface area (Å²) in [6, 6.07) is 8.60. The molecule has 1 nitrogen and oxygen atoms in total. The van der Waals surface area contributed by atoms with Crippen molar-refractivity contribution in [2.24, 2.45) is 5.41 Å². The van der Waals surface area contributed by atoms with Crippen LogP contribution in [-0.2, 0) is 11.2 Å². The summed E-state index contributed by atoms with van der Waals surface area (Å²) in [5, 5.41) is 0. The minimum absolute atomic E-state index is 0.224. The second-order valence-electron chi connectivity index (χ2n) is 5.45. The number of hydrogen-bond donors (Lipinski definition) is 0. The van der Waals surface area contributed by atoms with E-state index in [0.717, 1.165) is 32.1 Å². The van der Waals surface area contributed by atoms with Crippen molar-refractivity contribution in [2.45, 2.75) is 38.5 Å². The lowest BCUT2D eigenvalue weighted by atomic mass is 9.61. The first-order valence-corrected chi connectivity index (χ1v) is 6.51. The van der Waals surface area contributed by atoms with E-state index in [-0.39, 0.29) is 5.41 Å². The number of fused-ring (bicyclic) bond motifs is 1. The summed E-state index contributed by atoms with van der Waals surface area (Å²) < 4.78 is 0. The maximum atomic E-state index is 11.4. The van der Waals surface area contributed by atoms with Gasteiger partial charge in [-0.25, -0.2) is 0 Å². The molecule has 1 spiro atoms. The van der Waals surface area contributed by atoms with Crippen LogP contribution >= 0.6 is 0 Å². The number of benzene rings is 1. The van der Waals surface area contributed by atoms with E-state index in [1.165, 1.54) is 23.1 Å². The van der Waals surface area contributed by atoms with Crippen LogP contribution in [0.1, 0.15) is 43.2 Å². The van der Waals surface area contributed by atoms with E-state index >= 15 is 0 Å². The molecule has 88 valence electrons. The van der Waals surface area contributed by atoms with Crippen LogP contribution in [0.5, 0.6) is 0 Å². The first-order chi connectivity index (χ1) is 8.21. The summed E-state index contributed by atoms with van der Waals surface area (Å²) in [6.07, 6.45) is 5.85. The van der Waals surface area contributed by atoms with Gasteiger partial charge in [0.15, 0.2) is 0 Å². The average Bonchev–Trinajstić information content (AvgIpc) is 2.38. The molecule has 17 heavy (non-hydrogen) atoms. The summed E-state index contributed by atoms with van der Waals surface area (Å²) >= 11 is 0. The van der Waals surface area contributed by atoms with Gasteiger partial charge in [0.05, 0.1) is 0 Å². The molecule has 0 unspecified atom stereocenters. The molecule has 0 aromatic heterocycles. The summed E-state index contributed by atoms with van der Waals surface area (Å²) in [5.74, 6) is 0.433. The van der Waals surface area contributed by atoms with E-state index in [2.05, 4.69) is 30.8 Å². The van der Waals surface area contributed by atoms with Gasteiger partial charge in [0.2, 0.25) is 0 Å². The summed E-state index contributed by atoms with van der Waals surface area (Å²) in [5.41, 5.74) is 4.28. The Morgan fingerprint density at radius 3 is 2.41 bits per heavy atom. The van der Waals surface area contributed by atoms with Crippen molar-refractivity contribution in [3.8, 4) is 0 Å². The zero-order valence-corrected chi connectivity index (χ0v) is 10.2. The molecule has 0 atom stereocenters. The molecule has 1 saturated carbocycles. The van der Waals surface area contributed by atoms with E-state index in [1.807, 2.05) is 0 Å². The highest BCUT2D eigenvalue weighted by Gasteiger charge is 2.40. The van der Waals surface area contributed by atoms with Crippen molar-refractivity contribution < 1.29 is 4.79 Å². The van der Waals surface area contributed by atoms with Gasteiger partial charge in [0.1, 0.15) is 5.78 Å². The number of carbonyl (C=O) groups is 1. The Bertz CT molecular complexity index is 474. The molecule has 0 radical (unpaired) electrons. The quantitative estimate of drug-likeness (QED) is 0.658. The predicted molar refractivity (Wildman–Crippen MR) is 69.7 cm³/mol. The van der Waals surface area contributed by atoms with E-state index in [4.69, 9.17) is 0 Å². The van der Waals surface area contributed by atoms with Crippen molar-refractivity contribution in [2.75, 3.05) is 0 Å². The molecule has 1 heteroatoms. The van der Waals surface area contributed by atoms with Gasteiger partial charge < -0.3 is 0 Å². The molecular weight excluding hydrogens is 208 g/mol. The molecule has 1 aromatic rings. The number of hydrogen-bond acceptors (Lipinski definition) is 1. The number of allylic oxidation sites excluding steroid dienone is 1. The molecule has 1 aromatic carbocycles. The van der Waals surface area contributed by atoms with Gasteiger partial charge >= 0.3 is 0 Å². The molecule has 0 aliphatic heterocycles. The van der Waals surface area contributed by atoms with Crippen molar-refractivity contribution in [1.29, 1.82) is 0 Å². The molecular formula is C16H18O. The normalized spacial score (nSPS) is 22.6. The average molecular weight is 226 g/mol. The zero-order chi connectivity index (χ0) is 11.9. The molecule has 2 aliphatic carbocycles. The standard InChI is InChI=1S/C16H18O/c1-12-15-5-3-2-4-13(15)6-9-16(12)10-7-14(17)8-11-16/h2-5H,1,6-11H2. The summed E-state index contributed by atoms with van der Waals surface area (Å²) in [4.78, 5) is 11.4. The lowest BCUT2D eigenvalue weighted by molar-refractivity contribution is -0.121. The second-order valence-corrected chi connectivity index (χ2v) is 5.45. The molecule has 0 saturated heterocycles. The van der Waals surface area contributed by atoms with Gasteiger partial charge in [-0.15, -0.1) is 0 Å². The Hall–Kier alpha value is -1.37. The maximum Gasteiger partial charge on any atom is 0.132 e. The van der Waals surface area contributed by atoms with Gasteiger partial charge in [-0.2, -0.15) is 0 Å². The fraction of sp³-hybridized carbons (Fsp3) is 0.438. The highest BCUT2D eigenvalue weighted by molar-refractivity contribution is 5.82. The molecule has 0 heterocycles. The van der Waals surface area contributed by atoms with Gasteiger partial charge in [-0.1, -0.05) is 30.8 Å². The van der Waals surface area contributed by atoms with E-state index in [1.54, 1.807) is 0 Å². The number of ketones is 1. The third kappa shape index (κ3) is 1.65. The number of rotatable bonds is 0. The molecule has 1 fully saturated rings. The fourth-order valence-electron chi connectivity index (χ4n) is 3.40. The van der Waals surface area contributed by atoms with Crippen LogP contribution in [0.2, 0.25) is 0 Å². The van der Waals surface area contributed by atoms with Crippen LogP contribution in [0.15, 0.2) is 30.8 Å². The minimum Gasteiger partial charge on any atom is -0.300 e. The highest BCUT2D eigenvalue weighted by Crippen LogP contribution is 2.51. The molecule has 2 aliphatic rings. The zero-order valence-electron chi connectivity index (χ0n) is 10.2. The third-order valence-corrected chi connectivity index (χ3v) is 4.62. The Morgan fingerprint density at radius 1 is 1.00 bits per heavy atom. The SMILES string of the molecule is C=C1c2ccccc2CCC12CCC(=O)CC2. The van der Waals surface area contributed by atoms with Gasteiger partial charge in [-0.05, 0) is 47.8 Å².